The third-order valence-corrected chi connectivity index (χ3v) is 3.80. The van der Waals surface area contributed by atoms with E-state index in [1.807, 2.05) is 17.1 Å². The summed E-state index contributed by atoms with van der Waals surface area (Å²) >= 11 is 0. The number of hydrogen-bond acceptors (Lipinski definition) is 4. The summed E-state index contributed by atoms with van der Waals surface area (Å²) in [4.78, 5) is 10.9. The van der Waals surface area contributed by atoms with Crippen molar-refractivity contribution in [2.24, 2.45) is 13.0 Å². The minimum absolute atomic E-state index is 0.663. The van der Waals surface area contributed by atoms with Crippen molar-refractivity contribution in [2.45, 2.75) is 25.9 Å². The first-order valence-electron chi connectivity index (χ1n) is 6.82. The fourth-order valence-electron chi connectivity index (χ4n) is 2.78. The Kier molecular flexibility index (Phi) is 3.59. The fraction of sp³-hybridized carbons (Fsp3) is 0.615. The maximum Gasteiger partial charge on any atom is 0.137 e. The molecule has 0 bridgehead atoms. The smallest absolute Gasteiger partial charge is 0.137 e. The van der Waals surface area contributed by atoms with Crippen LogP contribution in [-0.4, -0.2) is 42.3 Å². The summed E-state index contributed by atoms with van der Waals surface area (Å²) in [6.07, 6.45) is 9.81. The molecule has 1 saturated heterocycles. The first kappa shape index (κ1) is 12.3. The number of imidazole rings is 1. The first-order valence-corrected chi connectivity index (χ1v) is 6.82. The maximum atomic E-state index is 4.40. The summed E-state index contributed by atoms with van der Waals surface area (Å²) in [6, 6.07) is 0. The molecule has 1 aliphatic heterocycles. The Hall–Kier alpha value is -1.69. The van der Waals surface area contributed by atoms with Crippen LogP contribution in [-0.2, 0) is 20.1 Å². The van der Waals surface area contributed by atoms with Gasteiger partial charge in [0.15, 0.2) is 0 Å². The number of nitrogens with zero attached hydrogens (tertiary/aromatic N) is 6. The molecule has 3 rings (SSSR count). The molecule has 1 aliphatic rings. The van der Waals surface area contributed by atoms with Crippen molar-refractivity contribution in [3.63, 3.8) is 0 Å². The zero-order valence-corrected chi connectivity index (χ0v) is 11.3. The average molecular weight is 260 g/mol. The van der Waals surface area contributed by atoms with E-state index in [-0.39, 0.29) is 0 Å². The summed E-state index contributed by atoms with van der Waals surface area (Å²) in [7, 11) is 2.05. The molecule has 0 N–H and O–H groups in total. The summed E-state index contributed by atoms with van der Waals surface area (Å²) in [5.74, 6) is 1.80. The highest BCUT2D eigenvalue weighted by atomic mass is 15.3. The Bertz CT molecular complexity index is 503. The van der Waals surface area contributed by atoms with Gasteiger partial charge in [0, 0.05) is 32.5 Å². The molecule has 6 nitrogen and oxygen atoms in total. The molecule has 0 radical (unpaired) electrons. The summed E-state index contributed by atoms with van der Waals surface area (Å²) in [5.41, 5.74) is 0. The highest BCUT2D eigenvalue weighted by Gasteiger charge is 2.21. The molecule has 6 heteroatoms. The lowest BCUT2D eigenvalue weighted by Crippen LogP contribution is -2.37. The number of rotatable bonds is 4. The van der Waals surface area contributed by atoms with Crippen LogP contribution < -0.4 is 0 Å². The van der Waals surface area contributed by atoms with Gasteiger partial charge in [-0.1, -0.05) is 0 Å². The van der Waals surface area contributed by atoms with Gasteiger partial charge in [-0.05, 0) is 25.3 Å². The highest BCUT2D eigenvalue weighted by Crippen LogP contribution is 2.19. The molecule has 19 heavy (non-hydrogen) atoms. The van der Waals surface area contributed by atoms with Crippen molar-refractivity contribution in [3.05, 3.63) is 30.9 Å². The van der Waals surface area contributed by atoms with E-state index in [4.69, 9.17) is 0 Å². The quantitative estimate of drug-likeness (QED) is 0.820. The standard InChI is InChI=1S/C13H20N6/c1-17-6-4-15-13(17)9-18-5-2-3-12(7-18)8-19-11-14-10-16-19/h4,6,10-12H,2-3,5,7-9H2,1H3/t12-/m0/s1. The van der Waals surface area contributed by atoms with Gasteiger partial charge < -0.3 is 4.57 Å². The lowest BCUT2D eigenvalue weighted by atomic mass is 9.98. The zero-order chi connectivity index (χ0) is 13.1. The number of aryl methyl sites for hydroxylation is 1. The van der Waals surface area contributed by atoms with Gasteiger partial charge in [-0.25, -0.2) is 9.97 Å². The topological polar surface area (TPSA) is 51.8 Å². The molecule has 0 unspecified atom stereocenters. The minimum atomic E-state index is 0.663. The van der Waals surface area contributed by atoms with Gasteiger partial charge in [0.2, 0.25) is 0 Å². The van der Waals surface area contributed by atoms with Crippen molar-refractivity contribution < 1.29 is 0 Å². The van der Waals surface area contributed by atoms with Crippen molar-refractivity contribution in [1.82, 2.24) is 29.2 Å². The molecule has 1 fully saturated rings. The lowest BCUT2D eigenvalue weighted by molar-refractivity contribution is 0.149. The predicted molar refractivity (Wildman–Crippen MR) is 71.2 cm³/mol. The molecular weight excluding hydrogens is 240 g/mol. The molecule has 2 aromatic heterocycles. The fourth-order valence-corrected chi connectivity index (χ4v) is 2.78. The second kappa shape index (κ2) is 5.52. The lowest BCUT2D eigenvalue weighted by Gasteiger charge is -2.32. The van der Waals surface area contributed by atoms with E-state index in [0.717, 1.165) is 25.5 Å². The Morgan fingerprint density at radius 2 is 2.37 bits per heavy atom. The van der Waals surface area contributed by atoms with Crippen molar-refractivity contribution >= 4 is 0 Å². The Balaban J connectivity index is 1.57. The normalized spacial score (nSPS) is 20.8. The molecular formula is C13H20N6. The molecule has 0 aromatic carbocycles. The van der Waals surface area contributed by atoms with E-state index in [0.29, 0.717) is 5.92 Å². The number of piperidine rings is 1. The third-order valence-electron chi connectivity index (χ3n) is 3.80. The van der Waals surface area contributed by atoms with E-state index in [1.54, 1.807) is 12.7 Å². The molecule has 0 aliphatic carbocycles. The van der Waals surface area contributed by atoms with Gasteiger partial charge in [-0.15, -0.1) is 0 Å². The molecule has 2 aromatic rings. The van der Waals surface area contributed by atoms with Crippen molar-refractivity contribution in [1.29, 1.82) is 0 Å². The van der Waals surface area contributed by atoms with Crippen LogP contribution in [0.4, 0.5) is 0 Å². The monoisotopic (exact) mass is 260 g/mol. The summed E-state index contributed by atoms with van der Waals surface area (Å²) in [5, 5.41) is 4.20. The number of aromatic nitrogens is 5. The van der Waals surface area contributed by atoms with E-state index in [2.05, 4.69) is 31.6 Å². The molecule has 3 heterocycles. The van der Waals surface area contributed by atoms with Crippen LogP contribution in [0.25, 0.3) is 0 Å². The van der Waals surface area contributed by atoms with Gasteiger partial charge in [-0.2, -0.15) is 5.10 Å². The van der Waals surface area contributed by atoms with Crippen molar-refractivity contribution in [3.8, 4) is 0 Å². The van der Waals surface area contributed by atoms with E-state index in [9.17, 15) is 0 Å². The van der Waals surface area contributed by atoms with Crippen molar-refractivity contribution in [2.75, 3.05) is 13.1 Å². The van der Waals surface area contributed by atoms with Crippen LogP contribution >= 0.6 is 0 Å². The maximum absolute atomic E-state index is 4.40. The second-order valence-corrected chi connectivity index (χ2v) is 5.32. The van der Waals surface area contributed by atoms with Crippen LogP contribution in [0, 0.1) is 5.92 Å². The van der Waals surface area contributed by atoms with E-state index >= 15 is 0 Å². The second-order valence-electron chi connectivity index (χ2n) is 5.32. The number of hydrogen-bond donors (Lipinski definition) is 0. The van der Waals surface area contributed by atoms with Gasteiger partial charge in [0.05, 0.1) is 6.54 Å². The first-order chi connectivity index (χ1) is 9.31. The molecule has 1 atom stereocenters. The summed E-state index contributed by atoms with van der Waals surface area (Å²) in [6.45, 7) is 4.20. The summed E-state index contributed by atoms with van der Waals surface area (Å²) < 4.78 is 4.04. The van der Waals surface area contributed by atoms with Crippen LogP contribution in [0.5, 0.6) is 0 Å². The van der Waals surface area contributed by atoms with Crippen LogP contribution in [0.2, 0.25) is 0 Å². The van der Waals surface area contributed by atoms with E-state index < -0.39 is 0 Å². The Labute approximate surface area is 113 Å². The number of likely N-dealkylation sites (tertiary alicyclic amines) is 1. The Morgan fingerprint density at radius 1 is 1.42 bits per heavy atom. The van der Waals surface area contributed by atoms with Gasteiger partial charge in [0.1, 0.15) is 18.5 Å². The average Bonchev–Trinajstić information content (AvgIpc) is 3.03. The molecule has 0 amide bonds. The SMILES string of the molecule is Cn1ccnc1CN1CCC[C@H](Cn2cncn2)C1. The predicted octanol–water partition coefficient (Wildman–Crippen LogP) is 0.924. The molecule has 102 valence electrons. The molecule has 0 saturated carbocycles. The van der Waals surface area contributed by atoms with Gasteiger partial charge in [0.25, 0.3) is 0 Å². The van der Waals surface area contributed by atoms with Gasteiger partial charge in [-0.3, -0.25) is 9.58 Å². The van der Waals surface area contributed by atoms with Crippen LogP contribution in [0.15, 0.2) is 25.0 Å². The zero-order valence-electron chi connectivity index (χ0n) is 11.3. The minimum Gasteiger partial charge on any atom is -0.337 e. The Morgan fingerprint density at radius 3 is 3.11 bits per heavy atom. The van der Waals surface area contributed by atoms with Gasteiger partial charge >= 0.3 is 0 Å². The highest BCUT2D eigenvalue weighted by molar-refractivity contribution is 4.91. The van der Waals surface area contributed by atoms with Crippen LogP contribution in [0.1, 0.15) is 18.7 Å². The third kappa shape index (κ3) is 3.01. The van der Waals surface area contributed by atoms with Crippen LogP contribution in [0.3, 0.4) is 0 Å². The largest absolute Gasteiger partial charge is 0.337 e. The van der Waals surface area contributed by atoms with E-state index in [1.165, 1.54) is 19.4 Å². The molecule has 0 spiro atoms.